The number of fused-ring (bicyclic) bond motifs is 1. The summed E-state index contributed by atoms with van der Waals surface area (Å²) in [5, 5.41) is 12.8. The fourth-order valence-electron chi connectivity index (χ4n) is 4.33. The third-order valence-corrected chi connectivity index (χ3v) is 6.28. The van der Waals surface area contributed by atoms with Crippen molar-refractivity contribution < 1.29 is 9.53 Å². The summed E-state index contributed by atoms with van der Waals surface area (Å²) < 4.78 is 5.60. The summed E-state index contributed by atoms with van der Waals surface area (Å²) in [6.07, 6.45) is 5.14. The smallest absolute Gasteiger partial charge is 0.229 e. The molecule has 37 heavy (non-hydrogen) atoms. The second kappa shape index (κ2) is 10.6. The molecule has 0 aliphatic carbocycles. The van der Waals surface area contributed by atoms with Gasteiger partial charge in [-0.2, -0.15) is 5.26 Å². The lowest BCUT2D eigenvalue weighted by molar-refractivity contribution is -0.115. The van der Waals surface area contributed by atoms with Crippen LogP contribution in [0.2, 0.25) is 0 Å². The maximum Gasteiger partial charge on any atom is 0.229 e. The molecule has 0 atom stereocenters. The van der Waals surface area contributed by atoms with Gasteiger partial charge in [0.2, 0.25) is 5.91 Å². The molecule has 1 fully saturated rings. The highest BCUT2D eigenvalue weighted by atomic mass is 16.5. The minimum absolute atomic E-state index is 0.132. The van der Waals surface area contributed by atoms with Crippen LogP contribution in [0.15, 0.2) is 55.0 Å². The number of nitriles is 1. The molecule has 1 aromatic carbocycles. The standard InChI is InChI=1S/C27H26N8O2/c1-34-8-10-35(11-9-34)27-25-21(16-29-17-22(25)37-2)31-26(33-27)20-6-7-30-23(14-20)32-24(36)13-18-4-3-5-19(12-18)15-28/h3-7,12,14,16-17H,8-11,13H2,1-2H3,(H,30,32,36). The van der Waals surface area contributed by atoms with Gasteiger partial charge in [0, 0.05) is 37.9 Å². The minimum Gasteiger partial charge on any atom is -0.494 e. The predicted molar refractivity (Wildman–Crippen MR) is 140 cm³/mol. The van der Waals surface area contributed by atoms with E-state index >= 15 is 0 Å². The van der Waals surface area contributed by atoms with Crippen LogP contribution in [-0.2, 0) is 11.2 Å². The number of aromatic nitrogens is 4. The van der Waals surface area contributed by atoms with Gasteiger partial charge in [0.1, 0.15) is 17.4 Å². The molecule has 3 aromatic heterocycles. The van der Waals surface area contributed by atoms with Gasteiger partial charge in [-0.1, -0.05) is 12.1 Å². The van der Waals surface area contributed by atoms with Crippen molar-refractivity contribution in [1.29, 1.82) is 5.26 Å². The van der Waals surface area contributed by atoms with Crippen molar-refractivity contribution >= 4 is 28.4 Å². The molecule has 4 aromatic rings. The number of carbonyl (C=O) groups excluding carboxylic acids is 1. The van der Waals surface area contributed by atoms with Crippen molar-refractivity contribution in [2.75, 3.05) is 50.6 Å². The van der Waals surface area contributed by atoms with Crippen LogP contribution < -0.4 is 15.0 Å². The zero-order valence-corrected chi connectivity index (χ0v) is 20.7. The number of rotatable bonds is 6. The van der Waals surface area contributed by atoms with Crippen molar-refractivity contribution in [3.05, 3.63) is 66.1 Å². The number of nitrogens with one attached hydrogen (secondary N) is 1. The van der Waals surface area contributed by atoms with Crippen molar-refractivity contribution in [3.8, 4) is 23.2 Å². The molecule has 0 unspecified atom stereocenters. The molecule has 1 N–H and O–H groups in total. The van der Waals surface area contributed by atoms with E-state index < -0.39 is 0 Å². The quantitative estimate of drug-likeness (QED) is 0.431. The van der Waals surface area contributed by atoms with Crippen LogP contribution in [0.5, 0.6) is 5.75 Å². The minimum atomic E-state index is -0.230. The van der Waals surface area contributed by atoms with E-state index in [0.717, 1.165) is 48.5 Å². The van der Waals surface area contributed by atoms with Crippen LogP contribution in [0, 0.1) is 11.3 Å². The van der Waals surface area contributed by atoms with Crippen LogP contribution in [0.3, 0.4) is 0 Å². The van der Waals surface area contributed by atoms with E-state index in [1.54, 1.807) is 50.0 Å². The molecular formula is C27H26N8O2. The fraction of sp³-hybridized carbons (Fsp3) is 0.259. The van der Waals surface area contributed by atoms with Crippen molar-refractivity contribution in [2.24, 2.45) is 0 Å². The Bertz CT molecular complexity index is 1490. The molecule has 0 bridgehead atoms. The molecule has 0 saturated carbocycles. The number of pyridine rings is 2. The average Bonchev–Trinajstić information content (AvgIpc) is 2.92. The second-order valence-corrected chi connectivity index (χ2v) is 8.86. The number of anilines is 2. The van der Waals surface area contributed by atoms with E-state index in [2.05, 4.69) is 38.2 Å². The maximum atomic E-state index is 12.7. The van der Waals surface area contributed by atoms with Crippen molar-refractivity contribution in [3.63, 3.8) is 0 Å². The zero-order valence-electron chi connectivity index (χ0n) is 20.7. The first-order valence-electron chi connectivity index (χ1n) is 11.9. The number of carbonyl (C=O) groups is 1. The van der Waals surface area contributed by atoms with Gasteiger partial charge in [0.25, 0.3) is 0 Å². The average molecular weight is 495 g/mol. The predicted octanol–water partition coefficient (Wildman–Crippen LogP) is 2.90. The Hall–Kier alpha value is -4.62. The molecule has 0 radical (unpaired) electrons. The van der Waals surface area contributed by atoms with Gasteiger partial charge >= 0.3 is 0 Å². The topological polar surface area (TPSA) is 120 Å². The Morgan fingerprint density at radius 1 is 1.14 bits per heavy atom. The summed E-state index contributed by atoms with van der Waals surface area (Å²) in [5.41, 5.74) is 2.67. The van der Waals surface area contributed by atoms with Gasteiger partial charge in [0.15, 0.2) is 5.82 Å². The molecule has 5 rings (SSSR count). The SMILES string of the molecule is COc1cncc2nc(-c3ccnc(NC(=O)Cc4cccc(C#N)c4)c3)nc(N3CCN(C)CC3)c12. The third-order valence-electron chi connectivity index (χ3n) is 6.28. The van der Waals surface area contributed by atoms with Gasteiger partial charge in [-0.15, -0.1) is 0 Å². The molecule has 4 heterocycles. The highest BCUT2D eigenvalue weighted by molar-refractivity contribution is 5.96. The van der Waals surface area contributed by atoms with E-state index in [-0.39, 0.29) is 12.3 Å². The lowest BCUT2D eigenvalue weighted by Crippen LogP contribution is -2.45. The lowest BCUT2D eigenvalue weighted by atomic mass is 10.1. The maximum absolute atomic E-state index is 12.7. The zero-order chi connectivity index (χ0) is 25.8. The number of hydrogen-bond acceptors (Lipinski definition) is 9. The summed E-state index contributed by atoms with van der Waals surface area (Å²) in [5.74, 6) is 2.10. The monoisotopic (exact) mass is 494 g/mol. The second-order valence-electron chi connectivity index (χ2n) is 8.86. The van der Waals surface area contributed by atoms with E-state index in [1.165, 1.54) is 0 Å². The van der Waals surface area contributed by atoms with Gasteiger partial charge in [-0.25, -0.2) is 15.0 Å². The summed E-state index contributed by atoms with van der Waals surface area (Å²) >= 11 is 0. The normalized spacial score (nSPS) is 13.8. The fourth-order valence-corrected chi connectivity index (χ4v) is 4.33. The van der Waals surface area contributed by atoms with E-state index in [9.17, 15) is 4.79 Å². The number of piperazine rings is 1. The number of benzene rings is 1. The van der Waals surface area contributed by atoms with Crippen molar-refractivity contribution in [1.82, 2.24) is 24.8 Å². The van der Waals surface area contributed by atoms with Gasteiger partial charge in [-0.3, -0.25) is 9.78 Å². The largest absolute Gasteiger partial charge is 0.494 e. The Kier molecular flexibility index (Phi) is 6.87. The number of nitrogens with zero attached hydrogens (tertiary/aromatic N) is 7. The summed E-state index contributed by atoms with van der Waals surface area (Å²) in [7, 11) is 3.73. The molecule has 10 heteroatoms. The Morgan fingerprint density at radius 2 is 1.97 bits per heavy atom. The highest BCUT2D eigenvalue weighted by Gasteiger charge is 2.22. The number of methoxy groups -OCH3 is 1. The molecule has 186 valence electrons. The summed E-state index contributed by atoms with van der Waals surface area (Å²) in [6.45, 7) is 3.52. The first kappa shape index (κ1) is 24.1. The highest BCUT2D eigenvalue weighted by Crippen LogP contribution is 2.34. The molecular weight excluding hydrogens is 468 g/mol. The van der Waals surface area contributed by atoms with Gasteiger partial charge < -0.3 is 19.9 Å². The molecule has 0 spiro atoms. The molecule has 10 nitrogen and oxygen atoms in total. The van der Waals surface area contributed by atoms with E-state index in [4.69, 9.17) is 20.0 Å². The van der Waals surface area contributed by atoms with Crippen LogP contribution >= 0.6 is 0 Å². The Balaban J connectivity index is 1.46. The molecule has 1 aliphatic heterocycles. The van der Waals surface area contributed by atoms with Gasteiger partial charge in [-0.05, 0) is 36.9 Å². The van der Waals surface area contributed by atoms with E-state index in [0.29, 0.717) is 28.5 Å². The molecule has 1 saturated heterocycles. The van der Waals surface area contributed by atoms with Crippen molar-refractivity contribution in [2.45, 2.75) is 6.42 Å². The van der Waals surface area contributed by atoms with Crippen LogP contribution in [0.4, 0.5) is 11.6 Å². The lowest BCUT2D eigenvalue weighted by Gasteiger charge is -2.34. The third kappa shape index (κ3) is 5.32. The van der Waals surface area contributed by atoms with Crippen LogP contribution in [-0.4, -0.2) is 71.1 Å². The summed E-state index contributed by atoms with van der Waals surface area (Å²) in [6, 6.07) is 12.6. The first-order chi connectivity index (χ1) is 18.0. The molecule has 1 aliphatic rings. The van der Waals surface area contributed by atoms with Crippen LogP contribution in [0.25, 0.3) is 22.3 Å². The number of ether oxygens (including phenoxy) is 1. The van der Waals surface area contributed by atoms with Crippen LogP contribution in [0.1, 0.15) is 11.1 Å². The van der Waals surface area contributed by atoms with Gasteiger partial charge in [0.05, 0.1) is 48.5 Å². The number of likely N-dealkylation sites (N-methyl/N-ethyl adjacent to an activating group) is 1. The first-order valence-corrected chi connectivity index (χ1v) is 11.9. The Labute approximate surface area is 214 Å². The molecule has 1 amide bonds. The number of hydrogen-bond donors (Lipinski definition) is 1. The Morgan fingerprint density at radius 3 is 2.76 bits per heavy atom. The number of amides is 1. The summed E-state index contributed by atoms with van der Waals surface area (Å²) in [4.78, 5) is 35.5. The van der Waals surface area contributed by atoms with E-state index in [1.807, 2.05) is 12.1 Å².